The number of hydrogen-bond donors (Lipinski definition) is 2. The van der Waals surface area contributed by atoms with Crippen molar-refractivity contribution in [2.75, 3.05) is 17.2 Å². The summed E-state index contributed by atoms with van der Waals surface area (Å²) in [5, 5.41) is 13.9. The Labute approximate surface area is 124 Å². The quantitative estimate of drug-likeness (QED) is 0.855. The van der Waals surface area contributed by atoms with Crippen LogP contribution in [-0.4, -0.2) is 22.6 Å². The van der Waals surface area contributed by atoms with Gasteiger partial charge in [-0.1, -0.05) is 31.5 Å². The van der Waals surface area contributed by atoms with E-state index < -0.39 is 0 Å². The van der Waals surface area contributed by atoms with E-state index in [1.807, 2.05) is 31.2 Å². The average molecular weight is 284 g/mol. The maximum atomic E-state index is 12.2. The molecule has 110 valence electrons. The summed E-state index contributed by atoms with van der Waals surface area (Å²) in [6.45, 7) is 4.86. The first kappa shape index (κ1) is 15.0. The second-order valence-electron chi connectivity index (χ2n) is 4.70. The number of rotatable bonds is 6. The van der Waals surface area contributed by atoms with Gasteiger partial charge in [0, 0.05) is 12.2 Å². The van der Waals surface area contributed by atoms with Crippen molar-refractivity contribution in [1.29, 1.82) is 0 Å². The molecule has 1 aromatic heterocycles. The first-order chi connectivity index (χ1) is 10.2. The zero-order valence-electron chi connectivity index (χ0n) is 12.4. The molecule has 0 radical (unpaired) electrons. The molecule has 0 saturated carbocycles. The minimum atomic E-state index is -0.242. The largest absolute Gasteiger partial charge is 0.369 e. The van der Waals surface area contributed by atoms with Crippen LogP contribution in [-0.2, 0) is 6.42 Å². The van der Waals surface area contributed by atoms with E-state index >= 15 is 0 Å². The van der Waals surface area contributed by atoms with Crippen LogP contribution in [0.5, 0.6) is 0 Å². The van der Waals surface area contributed by atoms with Crippen LogP contribution in [0, 0.1) is 0 Å². The third-order valence-electron chi connectivity index (χ3n) is 3.04. The van der Waals surface area contributed by atoms with Gasteiger partial charge in [-0.2, -0.15) is 0 Å². The van der Waals surface area contributed by atoms with Crippen molar-refractivity contribution in [3.8, 4) is 0 Å². The summed E-state index contributed by atoms with van der Waals surface area (Å²) in [6, 6.07) is 11.2. The summed E-state index contributed by atoms with van der Waals surface area (Å²) in [6.07, 6.45) is 1.96. The summed E-state index contributed by atoms with van der Waals surface area (Å²) in [4.78, 5) is 12.2. The van der Waals surface area contributed by atoms with E-state index in [2.05, 4.69) is 27.8 Å². The van der Waals surface area contributed by atoms with Crippen LogP contribution >= 0.6 is 0 Å². The molecule has 0 aliphatic rings. The second-order valence-corrected chi connectivity index (χ2v) is 4.70. The van der Waals surface area contributed by atoms with Gasteiger partial charge in [-0.15, -0.1) is 10.2 Å². The molecule has 0 aliphatic heterocycles. The molecule has 1 heterocycles. The number of nitrogens with one attached hydrogen (secondary N) is 2. The fourth-order valence-corrected chi connectivity index (χ4v) is 2.04. The fourth-order valence-electron chi connectivity index (χ4n) is 2.04. The third-order valence-corrected chi connectivity index (χ3v) is 3.04. The van der Waals surface area contributed by atoms with E-state index in [0.717, 1.165) is 30.6 Å². The number of aryl methyl sites for hydroxylation is 1. The molecule has 0 aliphatic carbocycles. The highest BCUT2D eigenvalue weighted by Gasteiger charge is 2.10. The molecule has 0 unspecified atom stereocenters. The number of anilines is 2. The van der Waals surface area contributed by atoms with Crippen molar-refractivity contribution in [3.05, 3.63) is 47.7 Å². The highest BCUT2D eigenvalue weighted by Crippen LogP contribution is 2.17. The standard InChI is InChI=1S/C16H20N4O/c1-3-7-12-8-5-6-9-13(12)18-16(21)14-10-11-15(17-4-2)20-19-14/h5-6,8-11H,3-4,7H2,1-2H3,(H,17,20)(H,18,21). The zero-order chi connectivity index (χ0) is 15.1. The van der Waals surface area contributed by atoms with Crippen molar-refractivity contribution in [3.63, 3.8) is 0 Å². The number of nitrogens with zero attached hydrogens (tertiary/aromatic N) is 2. The Balaban J connectivity index is 2.10. The topological polar surface area (TPSA) is 66.9 Å². The normalized spacial score (nSPS) is 10.2. The van der Waals surface area contributed by atoms with E-state index in [-0.39, 0.29) is 5.91 Å². The molecule has 2 N–H and O–H groups in total. The van der Waals surface area contributed by atoms with Gasteiger partial charge in [-0.3, -0.25) is 4.79 Å². The molecule has 0 spiro atoms. The van der Waals surface area contributed by atoms with E-state index in [0.29, 0.717) is 11.5 Å². The number of benzene rings is 1. The van der Waals surface area contributed by atoms with Crippen LogP contribution in [0.2, 0.25) is 0 Å². The molecule has 2 rings (SSSR count). The van der Waals surface area contributed by atoms with Crippen molar-refractivity contribution in [2.45, 2.75) is 26.7 Å². The first-order valence-electron chi connectivity index (χ1n) is 7.21. The molecule has 1 amide bonds. The maximum absolute atomic E-state index is 12.2. The molecular weight excluding hydrogens is 264 g/mol. The van der Waals surface area contributed by atoms with Crippen molar-refractivity contribution < 1.29 is 4.79 Å². The van der Waals surface area contributed by atoms with Crippen molar-refractivity contribution in [2.24, 2.45) is 0 Å². The lowest BCUT2D eigenvalue weighted by molar-refractivity contribution is 0.102. The molecule has 21 heavy (non-hydrogen) atoms. The monoisotopic (exact) mass is 284 g/mol. The molecule has 2 aromatic rings. The Morgan fingerprint density at radius 3 is 2.57 bits per heavy atom. The van der Waals surface area contributed by atoms with Gasteiger partial charge in [0.2, 0.25) is 0 Å². The summed E-state index contributed by atoms with van der Waals surface area (Å²) >= 11 is 0. The molecule has 5 heteroatoms. The van der Waals surface area contributed by atoms with Crippen LogP contribution in [0.15, 0.2) is 36.4 Å². The van der Waals surface area contributed by atoms with E-state index in [1.54, 1.807) is 12.1 Å². The second kappa shape index (κ2) is 7.38. The average Bonchev–Trinajstić information content (AvgIpc) is 2.50. The van der Waals surface area contributed by atoms with E-state index in [9.17, 15) is 4.79 Å². The van der Waals surface area contributed by atoms with Crippen molar-refractivity contribution in [1.82, 2.24) is 10.2 Å². The smallest absolute Gasteiger partial charge is 0.276 e. The number of para-hydroxylation sites is 1. The van der Waals surface area contributed by atoms with Crippen LogP contribution < -0.4 is 10.6 Å². The summed E-state index contributed by atoms with van der Waals surface area (Å²) in [5.41, 5.74) is 2.27. The van der Waals surface area contributed by atoms with Gasteiger partial charge in [0.1, 0.15) is 5.82 Å². The Kier molecular flexibility index (Phi) is 5.26. The molecule has 0 saturated heterocycles. The number of carbonyl (C=O) groups excluding carboxylic acids is 1. The predicted molar refractivity (Wildman–Crippen MR) is 84.6 cm³/mol. The Bertz CT molecular complexity index is 595. The van der Waals surface area contributed by atoms with Crippen LogP contribution in [0.3, 0.4) is 0 Å². The number of hydrogen-bond acceptors (Lipinski definition) is 4. The molecule has 5 nitrogen and oxygen atoms in total. The number of carbonyl (C=O) groups is 1. The summed E-state index contributed by atoms with van der Waals surface area (Å²) in [7, 11) is 0. The Morgan fingerprint density at radius 2 is 1.90 bits per heavy atom. The van der Waals surface area contributed by atoms with Crippen LogP contribution in [0.1, 0.15) is 36.3 Å². The van der Waals surface area contributed by atoms with Crippen molar-refractivity contribution >= 4 is 17.4 Å². The molecular formula is C16H20N4O. The maximum Gasteiger partial charge on any atom is 0.276 e. The number of aromatic nitrogens is 2. The van der Waals surface area contributed by atoms with E-state index in [4.69, 9.17) is 0 Å². The van der Waals surface area contributed by atoms with Crippen LogP contribution in [0.25, 0.3) is 0 Å². The lowest BCUT2D eigenvalue weighted by Gasteiger charge is -2.10. The highest BCUT2D eigenvalue weighted by molar-refractivity contribution is 6.03. The van der Waals surface area contributed by atoms with Crippen LogP contribution in [0.4, 0.5) is 11.5 Å². The Morgan fingerprint density at radius 1 is 1.10 bits per heavy atom. The zero-order valence-corrected chi connectivity index (χ0v) is 12.4. The third kappa shape index (κ3) is 4.02. The summed E-state index contributed by atoms with van der Waals surface area (Å²) in [5.74, 6) is 0.425. The van der Waals surface area contributed by atoms with Gasteiger partial charge in [0.25, 0.3) is 5.91 Å². The fraction of sp³-hybridized carbons (Fsp3) is 0.312. The Hall–Kier alpha value is -2.43. The first-order valence-corrected chi connectivity index (χ1v) is 7.21. The van der Waals surface area contributed by atoms with Gasteiger partial charge in [-0.05, 0) is 37.1 Å². The lowest BCUT2D eigenvalue weighted by atomic mass is 10.1. The number of amides is 1. The molecule has 0 bridgehead atoms. The molecule has 0 fully saturated rings. The minimum absolute atomic E-state index is 0.242. The van der Waals surface area contributed by atoms with Gasteiger partial charge >= 0.3 is 0 Å². The highest BCUT2D eigenvalue weighted by atomic mass is 16.1. The molecule has 1 aromatic carbocycles. The minimum Gasteiger partial charge on any atom is -0.369 e. The van der Waals surface area contributed by atoms with Gasteiger partial charge in [0.05, 0.1) is 0 Å². The lowest BCUT2D eigenvalue weighted by Crippen LogP contribution is -2.16. The molecule has 0 atom stereocenters. The predicted octanol–water partition coefficient (Wildman–Crippen LogP) is 3.11. The van der Waals surface area contributed by atoms with Gasteiger partial charge in [-0.25, -0.2) is 0 Å². The van der Waals surface area contributed by atoms with E-state index in [1.165, 1.54) is 0 Å². The van der Waals surface area contributed by atoms with Gasteiger partial charge < -0.3 is 10.6 Å². The van der Waals surface area contributed by atoms with Gasteiger partial charge in [0.15, 0.2) is 5.69 Å². The summed E-state index contributed by atoms with van der Waals surface area (Å²) < 4.78 is 0. The SMILES string of the molecule is CCCc1ccccc1NC(=O)c1ccc(NCC)nn1.